The van der Waals surface area contributed by atoms with Crippen LogP contribution in [0.25, 0.3) is 0 Å². The Kier molecular flexibility index (Phi) is 8.28. The molecule has 0 aromatic heterocycles. The van der Waals surface area contributed by atoms with Gasteiger partial charge in [-0.25, -0.2) is 4.79 Å². The molecule has 9 nitrogen and oxygen atoms in total. The fourth-order valence-corrected chi connectivity index (χ4v) is 3.33. The van der Waals surface area contributed by atoms with Crippen LogP contribution in [0.2, 0.25) is 0 Å². The summed E-state index contributed by atoms with van der Waals surface area (Å²) in [5, 5.41) is 13.6. The first-order valence-corrected chi connectivity index (χ1v) is 10.3. The van der Waals surface area contributed by atoms with Gasteiger partial charge in [-0.15, -0.1) is 0 Å². The second-order valence-electron chi connectivity index (χ2n) is 8.54. The van der Waals surface area contributed by atoms with Crippen LogP contribution in [0.15, 0.2) is 48.5 Å². The lowest BCUT2D eigenvalue weighted by molar-refractivity contribution is -0.384. The van der Waals surface area contributed by atoms with Crippen LogP contribution < -0.4 is 5.32 Å². The molecule has 0 saturated carbocycles. The lowest BCUT2D eigenvalue weighted by atomic mass is 9.86. The molecule has 2 aromatic rings. The number of carbonyl (C=O) groups is 3. The highest BCUT2D eigenvalue weighted by atomic mass is 16.6. The maximum absolute atomic E-state index is 12.9. The third-order valence-corrected chi connectivity index (χ3v) is 5.30. The first-order valence-electron chi connectivity index (χ1n) is 10.3. The molecule has 0 aliphatic heterocycles. The molecule has 2 rings (SSSR count). The minimum absolute atomic E-state index is 0.0922. The standard InChI is InChI=1S/C24H28N2O7/c1-24(2,3)17-10-6-16(7-11-17)22(28)25-21(23(29)33-5)19(14-20(27)32-4)15-8-12-18(13-9-15)26(30)31/h6-13,19,21H,14H2,1-5H3,(H,25,28)/t19-,21+/m0/s1. The number of nitrogens with zero attached hydrogens (tertiary/aromatic N) is 1. The first kappa shape index (κ1) is 25.5. The zero-order valence-corrected chi connectivity index (χ0v) is 19.3. The Bertz CT molecular complexity index is 1010. The second kappa shape index (κ2) is 10.7. The summed E-state index contributed by atoms with van der Waals surface area (Å²) in [4.78, 5) is 48.1. The number of nitrogens with one attached hydrogen (secondary N) is 1. The second-order valence-corrected chi connectivity index (χ2v) is 8.54. The highest BCUT2D eigenvalue weighted by molar-refractivity contribution is 5.97. The first-order chi connectivity index (χ1) is 15.5. The van der Waals surface area contributed by atoms with Gasteiger partial charge in [0.25, 0.3) is 11.6 Å². The summed E-state index contributed by atoms with van der Waals surface area (Å²) in [5.41, 5.74) is 1.57. The number of non-ortho nitro benzene ring substituents is 1. The van der Waals surface area contributed by atoms with E-state index < -0.39 is 34.7 Å². The molecule has 0 heterocycles. The molecule has 0 aliphatic rings. The topological polar surface area (TPSA) is 125 Å². The summed E-state index contributed by atoms with van der Waals surface area (Å²) >= 11 is 0. The van der Waals surface area contributed by atoms with Gasteiger partial charge in [0.1, 0.15) is 6.04 Å². The van der Waals surface area contributed by atoms with Crippen LogP contribution >= 0.6 is 0 Å². The number of hydrogen-bond donors (Lipinski definition) is 1. The molecule has 1 amide bonds. The number of amides is 1. The summed E-state index contributed by atoms with van der Waals surface area (Å²) in [5.74, 6) is -2.77. The minimum Gasteiger partial charge on any atom is -0.469 e. The number of methoxy groups -OCH3 is 2. The van der Waals surface area contributed by atoms with Gasteiger partial charge in [-0.3, -0.25) is 19.7 Å². The van der Waals surface area contributed by atoms with Gasteiger partial charge in [0.15, 0.2) is 0 Å². The summed E-state index contributed by atoms with van der Waals surface area (Å²) in [6.07, 6.45) is -0.253. The van der Waals surface area contributed by atoms with Gasteiger partial charge in [-0.1, -0.05) is 45.0 Å². The summed E-state index contributed by atoms with van der Waals surface area (Å²) in [6, 6.07) is 11.2. The molecule has 176 valence electrons. The Morgan fingerprint density at radius 3 is 2.00 bits per heavy atom. The van der Waals surface area contributed by atoms with E-state index in [1.165, 1.54) is 38.5 Å². The van der Waals surface area contributed by atoms with E-state index >= 15 is 0 Å². The normalized spacial score (nSPS) is 12.9. The van der Waals surface area contributed by atoms with Gasteiger partial charge >= 0.3 is 11.9 Å². The molecule has 9 heteroatoms. The van der Waals surface area contributed by atoms with Crippen molar-refractivity contribution in [3.05, 3.63) is 75.3 Å². The number of hydrogen-bond acceptors (Lipinski definition) is 7. The van der Waals surface area contributed by atoms with E-state index in [4.69, 9.17) is 9.47 Å². The molecule has 0 saturated heterocycles. The lowest BCUT2D eigenvalue weighted by Crippen LogP contribution is -2.46. The van der Waals surface area contributed by atoms with Crippen molar-refractivity contribution in [3.8, 4) is 0 Å². The third-order valence-electron chi connectivity index (χ3n) is 5.30. The molecule has 33 heavy (non-hydrogen) atoms. The van der Waals surface area contributed by atoms with Gasteiger partial charge in [0.2, 0.25) is 0 Å². The Balaban J connectivity index is 2.39. The predicted octanol–water partition coefficient (Wildman–Crippen LogP) is 3.51. The van der Waals surface area contributed by atoms with Gasteiger partial charge < -0.3 is 14.8 Å². The smallest absolute Gasteiger partial charge is 0.329 e. The molecule has 2 atom stereocenters. The number of esters is 2. The minimum atomic E-state index is -1.23. The average Bonchev–Trinajstić information content (AvgIpc) is 2.80. The number of benzene rings is 2. The van der Waals surface area contributed by atoms with E-state index in [0.29, 0.717) is 11.1 Å². The fraction of sp³-hybridized carbons (Fsp3) is 0.375. The van der Waals surface area contributed by atoms with E-state index in [1.54, 1.807) is 12.1 Å². The SMILES string of the molecule is COC(=O)C[C@@H](c1ccc([N+](=O)[O-])cc1)[C@@H](NC(=O)c1ccc(C(C)(C)C)cc1)C(=O)OC. The van der Waals surface area contributed by atoms with E-state index in [9.17, 15) is 24.5 Å². The largest absolute Gasteiger partial charge is 0.469 e. The average molecular weight is 456 g/mol. The molecular weight excluding hydrogens is 428 g/mol. The van der Waals surface area contributed by atoms with E-state index in [1.807, 2.05) is 12.1 Å². The number of nitro groups is 1. The Morgan fingerprint density at radius 2 is 1.55 bits per heavy atom. The Hall–Kier alpha value is -3.75. The van der Waals surface area contributed by atoms with Crippen molar-refractivity contribution in [3.63, 3.8) is 0 Å². The maximum atomic E-state index is 12.9. The van der Waals surface area contributed by atoms with E-state index in [0.717, 1.165) is 5.56 Å². The zero-order chi connectivity index (χ0) is 24.8. The number of rotatable bonds is 8. The highest BCUT2D eigenvalue weighted by Gasteiger charge is 2.34. The monoisotopic (exact) mass is 456 g/mol. The van der Waals surface area contributed by atoms with Gasteiger partial charge in [-0.2, -0.15) is 0 Å². The van der Waals surface area contributed by atoms with Crippen molar-refractivity contribution >= 4 is 23.5 Å². The zero-order valence-electron chi connectivity index (χ0n) is 19.3. The van der Waals surface area contributed by atoms with Crippen LogP contribution in [0.4, 0.5) is 5.69 Å². The molecular formula is C24H28N2O7. The molecule has 0 bridgehead atoms. The van der Waals surface area contributed by atoms with Crippen LogP contribution in [0.3, 0.4) is 0 Å². The summed E-state index contributed by atoms with van der Waals surface area (Å²) < 4.78 is 9.63. The van der Waals surface area contributed by atoms with Crippen molar-refractivity contribution < 1.29 is 28.8 Å². The van der Waals surface area contributed by atoms with Gasteiger partial charge in [-0.05, 0) is 28.7 Å². The van der Waals surface area contributed by atoms with Crippen molar-refractivity contribution in [2.45, 2.75) is 44.6 Å². The third kappa shape index (κ3) is 6.61. The van der Waals surface area contributed by atoms with Gasteiger partial charge in [0, 0.05) is 23.6 Å². The maximum Gasteiger partial charge on any atom is 0.329 e. The highest BCUT2D eigenvalue weighted by Crippen LogP contribution is 2.28. The Labute approximate surface area is 192 Å². The van der Waals surface area contributed by atoms with E-state index in [-0.39, 0.29) is 17.5 Å². The molecule has 0 spiro atoms. The van der Waals surface area contributed by atoms with Crippen LogP contribution in [0.5, 0.6) is 0 Å². The molecule has 0 aliphatic carbocycles. The van der Waals surface area contributed by atoms with E-state index in [2.05, 4.69) is 26.1 Å². The quantitative estimate of drug-likeness (QED) is 0.366. The Morgan fingerprint density at radius 1 is 0.970 bits per heavy atom. The van der Waals surface area contributed by atoms with Crippen LogP contribution in [-0.4, -0.2) is 43.0 Å². The van der Waals surface area contributed by atoms with Crippen LogP contribution in [-0.2, 0) is 24.5 Å². The summed E-state index contributed by atoms with van der Waals surface area (Å²) in [7, 11) is 2.38. The molecule has 2 aromatic carbocycles. The number of ether oxygens (including phenoxy) is 2. The molecule has 0 fully saturated rings. The van der Waals surface area contributed by atoms with Crippen molar-refractivity contribution in [1.29, 1.82) is 0 Å². The fourth-order valence-electron chi connectivity index (χ4n) is 3.33. The van der Waals surface area contributed by atoms with Crippen molar-refractivity contribution in [1.82, 2.24) is 5.32 Å². The number of nitro benzene ring substituents is 1. The molecule has 0 radical (unpaired) electrons. The molecule has 1 N–H and O–H groups in total. The molecule has 0 unspecified atom stereocenters. The predicted molar refractivity (Wildman–Crippen MR) is 121 cm³/mol. The van der Waals surface area contributed by atoms with Crippen molar-refractivity contribution in [2.24, 2.45) is 0 Å². The summed E-state index contributed by atoms with van der Waals surface area (Å²) in [6.45, 7) is 6.16. The van der Waals surface area contributed by atoms with Crippen LogP contribution in [0.1, 0.15) is 54.6 Å². The number of carbonyl (C=O) groups excluding carboxylic acids is 3. The lowest BCUT2D eigenvalue weighted by Gasteiger charge is -2.26. The van der Waals surface area contributed by atoms with Gasteiger partial charge in [0.05, 0.1) is 25.6 Å². The van der Waals surface area contributed by atoms with Crippen molar-refractivity contribution in [2.75, 3.05) is 14.2 Å². The van der Waals surface area contributed by atoms with Crippen LogP contribution in [0, 0.1) is 10.1 Å².